The van der Waals surface area contributed by atoms with Gasteiger partial charge in [0.25, 0.3) is 0 Å². The normalized spacial score (nSPS) is 22.6. The lowest BCUT2D eigenvalue weighted by Gasteiger charge is -2.40. The van der Waals surface area contributed by atoms with Gasteiger partial charge in [-0.25, -0.2) is 0 Å². The number of nitrogens with zero attached hydrogens (tertiary/aromatic N) is 2. The van der Waals surface area contributed by atoms with E-state index in [9.17, 15) is 5.11 Å². The Morgan fingerprint density at radius 2 is 1.94 bits per heavy atom. The summed E-state index contributed by atoms with van der Waals surface area (Å²) in [5, 5.41) is 14.9. The molecule has 1 aliphatic carbocycles. The van der Waals surface area contributed by atoms with E-state index in [-0.39, 0.29) is 0 Å². The van der Waals surface area contributed by atoms with Crippen molar-refractivity contribution in [2.45, 2.75) is 65.0 Å². The Kier molecular flexibility index (Phi) is 3.30. The maximum atomic E-state index is 10.6. The van der Waals surface area contributed by atoms with Crippen LogP contribution in [0.15, 0.2) is 12.4 Å². The zero-order valence-corrected chi connectivity index (χ0v) is 11.2. The van der Waals surface area contributed by atoms with E-state index in [1.807, 2.05) is 10.9 Å². The summed E-state index contributed by atoms with van der Waals surface area (Å²) in [6.45, 7) is 7.56. The lowest BCUT2D eigenvalue weighted by Crippen LogP contribution is -2.38. The quantitative estimate of drug-likeness (QED) is 0.876. The first-order valence-corrected chi connectivity index (χ1v) is 6.66. The van der Waals surface area contributed by atoms with Gasteiger partial charge < -0.3 is 5.11 Å². The number of aromatic nitrogens is 2. The predicted octanol–water partition coefficient (Wildman–Crippen LogP) is 2.78. The number of hydrogen-bond acceptors (Lipinski definition) is 2. The molecule has 0 unspecified atom stereocenters. The van der Waals surface area contributed by atoms with E-state index >= 15 is 0 Å². The molecule has 0 bridgehead atoms. The molecule has 2 rings (SSSR count). The molecule has 17 heavy (non-hydrogen) atoms. The van der Waals surface area contributed by atoms with Crippen LogP contribution in [0.3, 0.4) is 0 Å². The van der Waals surface area contributed by atoms with Gasteiger partial charge in [-0.2, -0.15) is 5.10 Å². The summed E-state index contributed by atoms with van der Waals surface area (Å²) in [6, 6.07) is 0. The molecule has 0 saturated heterocycles. The summed E-state index contributed by atoms with van der Waals surface area (Å²) in [5.74, 6) is 0. The topological polar surface area (TPSA) is 38.0 Å². The predicted molar refractivity (Wildman–Crippen MR) is 68.8 cm³/mol. The maximum absolute atomic E-state index is 10.6. The minimum atomic E-state index is -0.503. The standard InChI is InChI=1S/C14H24N2O/c1-4-16-11-12(10-15-16)9-14(17)7-5-13(2,3)6-8-14/h10-11,17H,4-9H2,1-3H3. The number of rotatable bonds is 3. The van der Waals surface area contributed by atoms with Crippen LogP contribution in [0.1, 0.15) is 52.0 Å². The first-order chi connectivity index (χ1) is 7.92. The lowest BCUT2D eigenvalue weighted by atomic mass is 9.69. The molecule has 0 radical (unpaired) electrons. The molecular weight excluding hydrogens is 212 g/mol. The third-order valence-electron chi connectivity index (χ3n) is 4.08. The molecule has 0 spiro atoms. The van der Waals surface area contributed by atoms with Gasteiger partial charge in [-0.15, -0.1) is 0 Å². The van der Waals surface area contributed by atoms with Crippen LogP contribution >= 0.6 is 0 Å². The number of aliphatic hydroxyl groups is 1. The zero-order valence-electron chi connectivity index (χ0n) is 11.2. The highest BCUT2D eigenvalue weighted by Gasteiger charge is 2.36. The van der Waals surface area contributed by atoms with Crippen molar-refractivity contribution < 1.29 is 5.11 Å². The summed E-state index contributed by atoms with van der Waals surface area (Å²) >= 11 is 0. The summed E-state index contributed by atoms with van der Waals surface area (Å²) in [4.78, 5) is 0. The fourth-order valence-corrected chi connectivity index (χ4v) is 2.62. The van der Waals surface area contributed by atoms with E-state index in [2.05, 4.69) is 32.1 Å². The monoisotopic (exact) mass is 236 g/mol. The second-order valence-electron chi connectivity index (χ2n) is 6.27. The van der Waals surface area contributed by atoms with Gasteiger partial charge in [0.05, 0.1) is 11.8 Å². The van der Waals surface area contributed by atoms with Crippen LogP contribution in [-0.2, 0) is 13.0 Å². The highest BCUT2D eigenvalue weighted by molar-refractivity contribution is 5.09. The highest BCUT2D eigenvalue weighted by Crippen LogP contribution is 2.41. The Labute approximate surface area is 104 Å². The molecule has 1 saturated carbocycles. The highest BCUT2D eigenvalue weighted by atomic mass is 16.3. The van der Waals surface area contributed by atoms with Gasteiger partial charge in [0, 0.05) is 19.2 Å². The Balaban J connectivity index is 1.98. The van der Waals surface area contributed by atoms with E-state index in [4.69, 9.17) is 0 Å². The molecule has 1 N–H and O–H groups in total. The molecule has 3 heteroatoms. The third-order valence-corrected chi connectivity index (χ3v) is 4.08. The van der Waals surface area contributed by atoms with E-state index in [0.29, 0.717) is 5.41 Å². The maximum Gasteiger partial charge on any atom is 0.0689 e. The van der Waals surface area contributed by atoms with Crippen LogP contribution in [0.25, 0.3) is 0 Å². The average Bonchev–Trinajstić information content (AvgIpc) is 2.71. The van der Waals surface area contributed by atoms with Gasteiger partial charge in [0.1, 0.15) is 0 Å². The first kappa shape index (κ1) is 12.6. The van der Waals surface area contributed by atoms with E-state index in [1.165, 1.54) is 0 Å². The molecule has 3 nitrogen and oxygen atoms in total. The van der Waals surface area contributed by atoms with Crippen LogP contribution < -0.4 is 0 Å². The Morgan fingerprint density at radius 1 is 1.29 bits per heavy atom. The molecule has 0 amide bonds. The Morgan fingerprint density at radius 3 is 2.47 bits per heavy atom. The van der Waals surface area contributed by atoms with Gasteiger partial charge in [0.2, 0.25) is 0 Å². The van der Waals surface area contributed by atoms with Crippen molar-refractivity contribution in [3.8, 4) is 0 Å². The van der Waals surface area contributed by atoms with Crippen LogP contribution in [0.5, 0.6) is 0 Å². The van der Waals surface area contributed by atoms with Crippen molar-refractivity contribution in [3.05, 3.63) is 18.0 Å². The fraction of sp³-hybridized carbons (Fsp3) is 0.786. The molecule has 1 heterocycles. The Bertz CT molecular complexity index is 371. The van der Waals surface area contributed by atoms with Gasteiger partial charge in [-0.1, -0.05) is 13.8 Å². The number of hydrogen-bond donors (Lipinski definition) is 1. The van der Waals surface area contributed by atoms with E-state index in [0.717, 1.165) is 44.2 Å². The Hall–Kier alpha value is -0.830. The molecule has 1 aliphatic rings. The minimum Gasteiger partial charge on any atom is -0.390 e. The van der Waals surface area contributed by atoms with Crippen molar-refractivity contribution >= 4 is 0 Å². The smallest absolute Gasteiger partial charge is 0.0689 e. The molecule has 0 aliphatic heterocycles. The fourth-order valence-electron chi connectivity index (χ4n) is 2.62. The summed E-state index contributed by atoms with van der Waals surface area (Å²) in [6.07, 6.45) is 8.76. The minimum absolute atomic E-state index is 0.403. The van der Waals surface area contributed by atoms with Crippen LogP contribution in [-0.4, -0.2) is 20.5 Å². The molecule has 0 atom stereocenters. The van der Waals surface area contributed by atoms with Crippen molar-refractivity contribution in [2.75, 3.05) is 0 Å². The van der Waals surface area contributed by atoms with Crippen molar-refractivity contribution in [3.63, 3.8) is 0 Å². The summed E-state index contributed by atoms with van der Waals surface area (Å²) in [5.41, 5.74) is 1.06. The van der Waals surface area contributed by atoms with Crippen LogP contribution in [0, 0.1) is 5.41 Å². The second-order valence-corrected chi connectivity index (χ2v) is 6.27. The molecule has 0 aromatic carbocycles. The number of aryl methyl sites for hydroxylation is 1. The van der Waals surface area contributed by atoms with Gasteiger partial charge in [-0.3, -0.25) is 4.68 Å². The first-order valence-electron chi connectivity index (χ1n) is 6.66. The molecule has 1 aromatic rings. The average molecular weight is 236 g/mol. The molecule has 96 valence electrons. The van der Waals surface area contributed by atoms with Crippen LogP contribution in [0.4, 0.5) is 0 Å². The van der Waals surface area contributed by atoms with Gasteiger partial charge in [-0.05, 0) is 43.6 Å². The summed E-state index contributed by atoms with van der Waals surface area (Å²) in [7, 11) is 0. The van der Waals surface area contributed by atoms with Crippen molar-refractivity contribution in [1.29, 1.82) is 0 Å². The SMILES string of the molecule is CCn1cc(CC2(O)CCC(C)(C)CC2)cn1. The molecular formula is C14H24N2O. The summed E-state index contributed by atoms with van der Waals surface area (Å²) < 4.78 is 1.92. The largest absolute Gasteiger partial charge is 0.390 e. The molecule has 1 fully saturated rings. The third kappa shape index (κ3) is 3.09. The second kappa shape index (κ2) is 4.45. The zero-order chi connectivity index (χ0) is 12.5. The van der Waals surface area contributed by atoms with E-state index < -0.39 is 5.60 Å². The van der Waals surface area contributed by atoms with E-state index in [1.54, 1.807) is 0 Å². The van der Waals surface area contributed by atoms with Crippen LogP contribution in [0.2, 0.25) is 0 Å². The van der Waals surface area contributed by atoms with Crippen molar-refractivity contribution in [2.24, 2.45) is 5.41 Å². The van der Waals surface area contributed by atoms with Gasteiger partial charge >= 0.3 is 0 Å². The van der Waals surface area contributed by atoms with Gasteiger partial charge in [0.15, 0.2) is 0 Å². The van der Waals surface area contributed by atoms with Crippen molar-refractivity contribution in [1.82, 2.24) is 9.78 Å². The lowest BCUT2D eigenvalue weighted by molar-refractivity contribution is -0.0251. The molecule has 1 aromatic heterocycles.